The second-order valence-corrected chi connectivity index (χ2v) is 10.2. The molecule has 3 rings (SSSR count). The number of carbonyl (C=O) groups is 2. The number of carboxylic acids is 1. The van der Waals surface area contributed by atoms with E-state index in [9.17, 15) is 14.7 Å². The maximum atomic E-state index is 13.5. The number of nitrogens with zero attached hydrogens (tertiary/aromatic N) is 1. The third-order valence-corrected chi connectivity index (χ3v) is 7.18. The van der Waals surface area contributed by atoms with Gasteiger partial charge in [-0.05, 0) is 84.6 Å². The van der Waals surface area contributed by atoms with Crippen LogP contribution in [0.1, 0.15) is 46.3 Å². The van der Waals surface area contributed by atoms with Gasteiger partial charge in [-0.2, -0.15) is 11.8 Å². The smallest absolute Gasteiger partial charge is 0.326 e. The number of carboxylic acid groups (broad SMARTS) is 1. The van der Waals surface area contributed by atoms with Gasteiger partial charge in [-0.15, -0.1) is 0 Å². The number of ether oxygens (including phenoxy) is 1. The minimum Gasteiger partial charge on any atom is -0.480 e. The fraction of sp³-hybridized carbons (Fsp3) is 0.355. The molecule has 1 N–H and O–H groups in total. The van der Waals surface area contributed by atoms with Crippen molar-refractivity contribution in [2.24, 2.45) is 0 Å². The molecule has 0 saturated heterocycles. The summed E-state index contributed by atoms with van der Waals surface area (Å²) >= 11 is 1.57. The number of carbonyl (C=O) groups excluding carboxylic acids is 1. The molecule has 0 aliphatic rings. The molecule has 0 aliphatic carbocycles. The zero-order chi connectivity index (χ0) is 26.6. The Kier molecular flexibility index (Phi) is 11.2. The van der Waals surface area contributed by atoms with Gasteiger partial charge in [0.05, 0.1) is 6.61 Å². The summed E-state index contributed by atoms with van der Waals surface area (Å²) in [7, 11) is 1.58. The Morgan fingerprint density at radius 3 is 2.38 bits per heavy atom. The molecule has 196 valence electrons. The van der Waals surface area contributed by atoms with E-state index in [0.717, 1.165) is 41.5 Å². The van der Waals surface area contributed by atoms with Gasteiger partial charge >= 0.3 is 5.97 Å². The maximum absolute atomic E-state index is 13.5. The van der Waals surface area contributed by atoms with Crippen LogP contribution in [0.15, 0.2) is 72.8 Å². The fourth-order valence-corrected chi connectivity index (χ4v) is 4.84. The van der Waals surface area contributed by atoms with Crippen molar-refractivity contribution < 1.29 is 19.4 Å². The van der Waals surface area contributed by atoms with Gasteiger partial charge in [0.25, 0.3) is 5.91 Å². The highest BCUT2D eigenvalue weighted by atomic mass is 32.2. The first-order chi connectivity index (χ1) is 17.9. The van der Waals surface area contributed by atoms with Crippen molar-refractivity contribution in [2.45, 2.75) is 45.3 Å². The Labute approximate surface area is 224 Å². The Morgan fingerprint density at radius 2 is 1.68 bits per heavy atom. The van der Waals surface area contributed by atoms with Gasteiger partial charge < -0.3 is 14.7 Å². The zero-order valence-corrected chi connectivity index (χ0v) is 22.8. The Bertz CT molecular complexity index is 1160. The number of unbranched alkanes of at least 4 members (excludes halogenated alkanes) is 1. The van der Waals surface area contributed by atoms with Gasteiger partial charge in [0.1, 0.15) is 6.04 Å². The molecule has 0 aromatic heterocycles. The monoisotopic (exact) mass is 519 g/mol. The molecule has 0 bridgehead atoms. The molecule has 3 aromatic rings. The predicted molar refractivity (Wildman–Crippen MR) is 152 cm³/mol. The van der Waals surface area contributed by atoms with Crippen molar-refractivity contribution in [3.63, 3.8) is 0 Å². The SMILES string of the molecule is CSCC[C@@H](C(=O)O)N(C)C(=O)c1ccc(COCCCCc2ccccc2)cc1-c1ccccc1C. The van der Waals surface area contributed by atoms with Crippen molar-refractivity contribution in [1.82, 2.24) is 4.90 Å². The lowest BCUT2D eigenvalue weighted by atomic mass is 9.93. The molecule has 0 saturated carbocycles. The van der Waals surface area contributed by atoms with Gasteiger partial charge in [-0.1, -0.05) is 60.7 Å². The third kappa shape index (κ3) is 8.20. The number of rotatable bonds is 14. The first-order valence-corrected chi connectivity index (χ1v) is 14.1. The maximum Gasteiger partial charge on any atom is 0.326 e. The molecule has 37 heavy (non-hydrogen) atoms. The highest BCUT2D eigenvalue weighted by Gasteiger charge is 2.28. The second kappa shape index (κ2) is 14.6. The first-order valence-electron chi connectivity index (χ1n) is 12.7. The van der Waals surface area contributed by atoms with Crippen molar-refractivity contribution in [3.8, 4) is 11.1 Å². The number of hydrogen-bond donors (Lipinski definition) is 1. The van der Waals surface area contributed by atoms with Crippen LogP contribution in [0, 0.1) is 6.92 Å². The van der Waals surface area contributed by atoms with E-state index < -0.39 is 12.0 Å². The number of likely N-dealkylation sites (N-methyl/N-ethyl adjacent to an activating group) is 1. The third-order valence-electron chi connectivity index (χ3n) is 6.53. The van der Waals surface area contributed by atoms with Crippen LogP contribution in [0.3, 0.4) is 0 Å². The summed E-state index contributed by atoms with van der Waals surface area (Å²) in [5, 5.41) is 9.74. The molecule has 0 aliphatic heterocycles. The highest BCUT2D eigenvalue weighted by molar-refractivity contribution is 7.98. The van der Waals surface area contributed by atoms with E-state index in [4.69, 9.17) is 4.74 Å². The van der Waals surface area contributed by atoms with E-state index in [0.29, 0.717) is 31.0 Å². The first kappa shape index (κ1) is 28.5. The van der Waals surface area contributed by atoms with E-state index in [1.54, 1.807) is 18.8 Å². The molecule has 3 aromatic carbocycles. The van der Waals surface area contributed by atoms with Crippen LogP contribution >= 0.6 is 11.8 Å². The largest absolute Gasteiger partial charge is 0.480 e. The molecular weight excluding hydrogens is 482 g/mol. The lowest BCUT2D eigenvalue weighted by Gasteiger charge is -2.26. The summed E-state index contributed by atoms with van der Waals surface area (Å²) in [6, 6.07) is 23.2. The van der Waals surface area contributed by atoms with E-state index in [1.165, 1.54) is 10.5 Å². The lowest BCUT2D eigenvalue weighted by molar-refractivity contribution is -0.142. The Morgan fingerprint density at radius 1 is 0.946 bits per heavy atom. The van der Waals surface area contributed by atoms with Gasteiger partial charge in [0.15, 0.2) is 0 Å². The normalized spacial score (nSPS) is 11.8. The average molecular weight is 520 g/mol. The van der Waals surface area contributed by atoms with E-state index >= 15 is 0 Å². The van der Waals surface area contributed by atoms with E-state index in [1.807, 2.05) is 61.7 Å². The number of amides is 1. The van der Waals surface area contributed by atoms with Crippen LogP contribution in [0.25, 0.3) is 11.1 Å². The van der Waals surface area contributed by atoms with E-state index in [-0.39, 0.29) is 5.91 Å². The molecule has 1 amide bonds. The van der Waals surface area contributed by atoms with Crippen LogP contribution in [0.2, 0.25) is 0 Å². The number of hydrogen-bond acceptors (Lipinski definition) is 4. The van der Waals surface area contributed by atoms with Crippen molar-refractivity contribution in [1.29, 1.82) is 0 Å². The van der Waals surface area contributed by atoms with Crippen LogP contribution in [-0.4, -0.2) is 53.6 Å². The topological polar surface area (TPSA) is 66.8 Å². The van der Waals surface area contributed by atoms with Crippen LogP contribution in [0.4, 0.5) is 0 Å². The molecular formula is C31H37NO4S. The van der Waals surface area contributed by atoms with Crippen molar-refractivity contribution in [3.05, 3.63) is 95.1 Å². The minimum atomic E-state index is -0.986. The molecule has 0 fully saturated rings. The number of thioether (sulfide) groups is 1. The van der Waals surface area contributed by atoms with Crippen molar-refractivity contribution in [2.75, 3.05) is 25.7 Å². The molecule has 0 radical (unpaired) electrons. The standard InChI is InChI=1S/C31H37NO4S/c1-23-11-7-8-15-26(23)28-21-25(22-36-19-10-9-14-24-12-5-4-6-13-24)16-17-27(28)30(33)32(2)29(31(34)35)18-20-37-3/h4-8,11-13,15-17,21,29H,9-10,14,18-20,22H2,1-3H3,(H,34,35)/t29-/m0/s1. The number of aliphatic carboxylic acids is 1. The Balaban J connectivity index is 1.73. The fourth-order valence-electron chi connectivity index (χ4n) is 4.38. The Hall–Kier alpha value is -3.09. The van der Waals surface area contributed by atoms with Gasteiger partial charge in [0.2, 0.25) is 0 Å². The summed E-state index contributed by atoms with van der Waals surface area (Å²) in [5.41, 5.74) is 5.63. The number of benzene rings is 3. The van der Waals surface area contributed by atoms with Crippen LogP contribution in [-0.2, 0) is 22.6 Å². The van der Waals surface area contributed by atoms with Gasteiger partial charge in [-0.25, -0.2) is 4.79 Å². The summed E-state index contributed by atoms with van der Waals surface area (Å²) < 4.78 is 5.97. The minimum absolute atomic E-state index is 0.292. The zero-order valence-electron chi connectivity index (χ0n) is 22.0. The molecule has 0 spiro atoms. The van der Waals surface area contributed by atoms with Gasteiger partial charge in [-0.3, -0.25) is 4.79 Å². The average Bonchev–Trinajstić information content (AvgIpc) is 2.91. The lowest BCUT2D eigenvalue weighted by Crippen LogP contribution is -2.43. The molecule has 5 nitrogen and oxygen atoms in total. The predicted octanol–water partition coefficient (Wildman–Crippen LogP) is 6.48. The summed E-state index contributed by atoms with van der Waals surface area (Å²) in [5.74, 6) is -0.610. The summed E-state index contributed by atoms with van der Waals surface area (Å²) in [4.78, 5) is 26.8. The van der Waals surface area contributed by atoms with Crippen LogP contribution in [0.5, 0.6) is 0 Å². The van der Waals surface area contributed by atoms with Crippen LogP contribution < -0.4 is 0 Å². The number of aryl methyl sites for hydroxylation is 2. The molecule has 0 heterocycles. The quantitative estimate of drug-likeness (QED) is 0.247. The van der Waals surface area contributed by atoms with E-state index in [2.05, 4.69) is 24.3 Å². The molecule has 1 atom stereocenters. The van der Waals surface area contributed by atoms with Gasteiger partial charge in [0, 0.05) is 19.2 Å². The molecule has 0 unspecified atom stereocenters. The second-order valence-electron chi connectivity index (χ2n) is 9.24. The molecule has 6 heteroatoms. The van der Waals surface area contributed by atoms with Crippen molar-refractivity contribution >= 4 is 23.6 Å². The summed E-state index contributed by atoms with van der Waals surface area (Å²) in [6.45, 7) is 3.15. The highest BCUT2D eigenvalue weighted by Crippen LogP contribution is 2.30. The summed E-state index contributed by atoms with van der Waals surface area (Å²) in [6.07, 6.45) is 5.42.